The van der Waals surface area contributed by atoms with Crippen molar-refractivity contribution in [3.8, 4) is 11.5 Å². The molecule has 0 saturated carbocycles. The molecule has 3 nitrogen and oxygen atoms in total. The van der Waals surface area contributed by atoms with E-state index in [1.807, 2.05) is 64.1 Å². The molecule has 0 unspecified atom stereocenters. The molecule has 0 aromatic heterocycles. The Labute approximate surface area is 170 Å². The van der Waals surface area contributed by atoms with Gasteiger partial charge in [-0.15, -0.1) is 0 Å². The lowest BCUT2D eigenvalue weighted by Crippen LogP contribution is -2.33. The van der Waals surface area contributed by atoms with Crippen LogP contribution in [0.5, 0.6) is 11.5 Å². The highest BCUT2D eigenvalue weighted by atomic mass is 16.5. The highest BCUT2D eigenvalue weighted by Gasteiger charge is 2.33. The SMILES string of the molecule is CCC(C)(C)Oc1ccc(Cc2ccc(OC(=O)C(C)(C)C(C)C)cc2)cc1. The van der Waals surface area contributed by atoms with Crippen molar-refractivity contribution >= 4 is 5.97 Å². The summed E-state index contributed by atoms with van der Waals surface area (Å²) in [6.45, 7) is 14.2. The predicted molar refractivity (Wildman–Crippen MR) is 115 cm³/mol. The number of hydrogen-bond acceptors (Lipinski definition) is 3. The topological polar surface area (TPSA) is 35.5 Å². The lowest BCUT2D eigenvalue weighted by atomic mass is 9.81. The normalized spacial score (nSPS) is 12.1. The maximum atomic E-state index is 12.4. The fourth-order valence-electron chi connectivity index (χ4n) is 2.45. The number of benzene rings is 2. The average Bonchev–Trinajstić information content (AvgIpc) is 2.64. The summed E-state index contributed by atoms with van der Waals surface area (Å²) in [4.78, 5) is 12.4. The Hall–Kier alpha value is -2.29. The molecule has 0 radical (unpaired) electrons. The van der Waals surface area contributed by atoms with Gasteiger partial charge in [0, 0.05) is 0 Å². The Morgan fingerprint density at radius 1 is 0.857 bits per heavy atom. The van der Waals surface area contributed by atoms with Gasteiger partial charge in [0.2, 0.25) is 0 Å². The summed E-state index contributed by atoms with van der Waals surface area (Å²) < 4.78 is 11.6. The quantitative estimate of drug-likeness (QED) is 0.390. The molecular weight excluding hydrogens is 348 g/mol. The Morgan fingerprint density at radius 3 is 1.75 bits per heavy atom. The summed E-state index contributed by atoms with van der Waals surface area (Å²) >= 11 is 0. The van der Waals surface area contributed by atoms with E-state index in [1.165, 1.54) is 11.1 Å². The van der Waals surface area contributed by atoms with Crippen LogP contribution in [-0.4, -0.2) is 11.6 Å². The number of hydrogen-bond donors (Lipinski definition) is 0. The Morgan fingerprint density at radius 2 is 1.32 bits per heavy atom. The van der Waals surface area contributed by atoms with E-state index in [0.717, 1.165) is 18.6 Å². The van der Waals surface area contributed by atoms with Crippen molar-refractivity contribution in [2.45, 2.75) is 66.9 Å². The van der Waals surface area contributed by atoms with Crippen molar-refractivity contribution in [3.63, 3.8) is 0 Å². The van der Waals surface area contributed by atoms with Gasteiger partial charge in [0.05, 0.1) is 5.41 Å². The smallest absolute Gasteiger partial charge is 0.317 e. The summed E-state index contributed by atoms with van der Waals surface area (Å²) in [5.74, 6) is 1.51. The minimum absolute atomic E-state index is 0.154. The number of rotatable bonds is 8. The lowest BCUT2D eigenvalue weighted by molar-refractivity contribution is -0.146. The lowest BCUT2D eigenvalue weighted by Gasteiger charge is -2.26. The molecule has 0 N–H and O–H groups in total. The zero-order valence-electron chi connectivity index (χ0n) is 18.3. The summed E-state index contributed by atoms with van der Waals surface area (Å²) in [5.41, 5.74) is 1.73. The van der Waals surface area contributed by atoms with Gasteiger partial charge in [-0.25, -0.2) is 0 Å². The minimum atomic E-state index is -0.505. The van der Waals surface area contributed by atoms with Gasteiger partial charge in [0.15, 0.2) is 0 Å². The number of carbonyl (C=O) groups excluding carboxylic acids is 1. The number of carbonyl (C=O) groups is 1. The van der Waals surface area contributed by atoms with Gasteiger partial charge in [0.25, 0.3) is 0 Å². The van der Waals surface area contributed by atoms with E-state index in [4.69, 9.17) is 9.47 Å². The van der Waals surface area contributed by atoms with Crippen molar-refractivity contribution in [1.82, 2.24) is 0 Å². The van der Waals surface area contributed by atoms with Gasteiger partial charge in [-0.05, 0) is 81.8 Å². The molecule has 3 heteroatoms. The highest BCUT2D eigenvalue weighted by Crippen LogP contribution is 2.29. The number of esters is 1. The second-order valence-electron chi connectivity index (χ2n) is 8.95. The summed E-state index contributed by atoms with van der Waals surface area (Å²) in [6, 6.07) is 16.0. The summed E-state index contributed by atoms with van der Waals surface area (Å²) in [7, 11) is 0. The van der Waals surface area contributed by atoms with Crippen LogP contribution in [0.25, 0.3) is 0 Å². The standard InChI is InChI=1S/C25H34O3/c1-8-24(4,5)28-22-15-11-20(12-16-22)17-19-9-13-21(14-10-19)27-23(26)25(6,7)18(2)3/h9-16,18H,8,17H2,1-7H3. The Kier molecular flexibility index (Phi) is 6.92. The molecule has 0 fully saturated rings. The van der Waals surface area contributed by atoms with E-state index in [1.54, 1.807) is 0 Å². The van der Waals surface area contributed by atoms with Crippen LogP contribution < -0.4 is 9.47 Å². The van der Waals surface area contributed by atoms with E-state index < -0.39 is 5.41 Å². The fraction of sp³-hybridized carbons (Fsp3) is 0.480. The predicted octanol–water partition coefficient (Wildman–Crippen LogP) is 6.43. The minimum Gasteiger partial charge on any atom is -0.488 e. The van der Waals surface area contributed by atoms with Crippen molar-refractivity contribution in [2.24, 2.45) is 11.3 Å². The third kappa shape index (κ3) is 5.85. The van der Waals surface area contributed by atoms with Gasteiger partial charge in [0.1, 0.15) is 17.1 Å². The maximum Gasteiger partial charge on any atom is 0.317 e. The van der Waals surface area contributed by atoms with Crippen molar-refractivity contribution in [1.29, 1.82) is 0 Å². The molecular formula is C25H34O3. The summed E-state index contributed by atoms with van der Waals surface area (Å²) in [6.07, 6.45) is 1.78. The largest absolute Gasteiger partial charge is 0.488 e. The molecule has 0 atom stereocenters. The van der Waals surface area contributed by atoms with Gasteiger partial charge in [-0.1, -0.05) is 45.0 Å². The molecule has 0 aliphatic heterocycles. The van der Waals surface area contributed by atoms with Crippen LogP contribution in [0.4, 0.5) is 0 Å². The Balaban J connectivity index is 1.98. The molecule has 2 aromatic carbocycles. The van der Waals surface area contributed by atoms with Crippen molar-refractivity contribution in [2.75, 3.05) is 0 Å². The molecule has 28 heavy (non-hydrogen) atoms. The average molecular weight is 383 g/mol. The highest BCUT2D eigenvalue weighted by molar-refractivity contribution is 5.78. The van der Waals surface area contributed by atoms with E-state index in [9.17, 15) is 4.79 Å². The maximum absolute atomic E-state index is 12.4. The zero-order valence-corrected chi connectivity index (χ0v) is 18.3. The summed E-state index contributed by atoms with van der Waals surface area (Å²) in [5, 5.41) is 0. The van der Waals surface area contributed by atoms with E-state index >= 15 is 0 Å². The van der Waals surface area contributed by atoms with Crippen LogP contribution in [0, 0.1) is 11.3 Å². The third-order valence-corrected chi connectivity index (χ3v) is 5.68. The molecule has 0 heterocycles. The van der Waals surface area contributed by atoms with E-state index in [-0.39, 0.29) is 17.5 Å². The molecule has 2 rings (SSSR count). The monoisotopic (exact) mass is 382 g/mol. The third-order valence-electron chi connectivity index (χ3n) is 5.68. The zero-order chi connectivity index (χ0) is 20.9. The first-order chi connectivity index (χ1) is 13.0. The van der Waals surface area contributed by atoms with Crippen LogP contribution in [0.3, 0.4) is 0 Å². The van der Waals surface area contributed by atoms with Gasteiger partial charge >= 0.3 is 5.97 Å². The molecule has 0 aliphatic rings. The van der Waals surface area contributed by atoms with Crippen LogP contribution >= 0.6 is 0 Å². The van der Waals surface area contributed by atoms with E-state index in [0.29, 0.717) is 5.75 Å². The Bertz CT molecular complexity index is 768. The molecule has 2 aromatic rings. The van der Waals surface area contributed by atoms with Crippen molar-refractivity contribution in [3.05, 3.63) is 59.7 Å². The second kappa shape index (κ2) is 8.81. The first-order valence-electron chi connectivity index (χ1n) is 10.1. The van der Waals surface area contributed by atoms with Gasteiger partial charge < -0.3 is 9.47 Å². The van der Waals surface area contributed by atoms with Gasteiger partial charge in [-0.2, -0.15) is 0 Å². The van der Waals surface area contributed by atoms with E-state index in [2.05, 4.69) is 32.9 Å². The van der Waals surface area contributed by atoms with Crippen LogP contribution in [-0.2, 0) is 11.2 Å². The van der Waals surface area contributed by atoms with Crippen LogP contribution in [0.15, 0.2) is 48.5 Å². The molecule has 0 saturated heterocycles. The second-order valence-corrected chi connectivity index (χ2v) is 8.95. The molecule has 0 aliphatic carbocycles. The molecule has 152 valence electrons. The fourth-order valence-corrected chi connectivity index (χ4v) is 2.45. The van der Waals surface area contributed by atoms with Crippen LogP contribution in [0.1, 0.15) is 66.0 Å². The number of ether oxygens (including phenoxy) is 2. The molecule has 0 bridgehead atoms. The van der Waals surface area contributed by atoms with Crippen molar-refractivity contribution < 1.29 is 14.3 Å². The first kappa shape index (κ1) is 22.0. The first-order valence-corrected chi connectivity index (χ1v) is 10.1. The van der Waals surface area contributed by atoms with Gasteiger partial charge in [-0.3, -0.25) is 4.79 Å². The molecule has 0 amide bonds. The van der Waals surface area contributed by atoms with Crippen LogP contribution in [0.2, 0.25) is 0 Å². The molecule has 0 spiro atoms.